The molecule has 12 heteroatoms. The van der Waals surface area contributed by atoms with Gasteiger partial charge in [-0.15, -0.1) is 0 Å². The summed E-state index contributed by atoms with van der Waals surface area (Å²) in [5.41, 5.74) is 1.18. The highest BCUT2D eigenvalue weighted by Crippen LogP contribution is 2.37. The van der Waals surface area contributed by atoms with Crippen LogP contribution in [0.2, 0.25) is 5.02 Å². The molecule has 0 aromatic heterocycles. The summed E-state index contributed by atoms with van der Waals surface area (Å²) in [6.07, 6.45) is -3.29. The van der Waals surface area contributed by atoms with Crippen LogP contribution in [-0.4, -0.2) is 35.8 Å². The minimum Gasteiger partial charge on any atom is -0.315 e. The highest BCUT2D eigenvalue weighted by atomic mass is 35.5. The van der Waals surface area contributed by atoms with Crippen LogP contribution in [0.3, 0.4) is 0 Å². The molecule has 0 bridgehead atoms. The largest absolute Gasteiger partial charge is 0.417 e. The van der Waals surface area contributed by atoms with Crippen LogP contribution in [0.15, 0.2) is 29.0 Å². The maximum atomic E-state index is 13.9. The van der Waals surface area contributed by atoms with Crippen molar-refractivity contribution in [3.05, 3.63) is 40.3 Å². The number of carbonyl (C=O) groups excluding carboxylic acids is 2. The lowest BCUT2D eigenvalue weighted by Crippen LogP contribution is -2.49. The molecule has 0 saturated carbocycles. The standard InChI is InChI=1S/C14H10ClF4N5O2/c15-7-4-10(8(16)3-6(7)14(17,18)19)21-13(26)24-2-1-9-11(5-24)22-23-12(25)20-9/h1,3-4H,2,5H2,(H,21,26)(H2,20,23,25). The van der Waals surface area contributed by atoms with Crippen molar-refractivity contribution in [2.24, 2.45) is 5.10 Å². The Morgan fingerprint density at radius 2 is 2.08 bits per heavy atom. The maximum Gasteiger partial charge on any atom is 0.417 e. The Balaban J connectivity index is 1.75. The molecule has 0 saturated heterocycles. The predicted molar refractivity (Wildman–Crippen MR) is 84.2 cm³/mol. The van der Waals surface area contributed by atoms with E-state index in [-0.39, 0.29) is 19.2 Å². The lowest BCUT2D eigenvalue weighted by Gasteiger charge is -2.29. The van der Waals surface area contributed by atoms with Gasteiger partial charge in [-0.2, -0.15) is 18.3 Å². The molecule has 0 unspecified atom stereocenters. The Morgan fingerprint density at radius 3 is 2.77 bits per heavy atom. The van der Waals surface area contributed by atoms with E-state index in [1.165, 1.54) is 11.0 Å². The molecule has 1 aromatic rings. The number of fused-ring (bicyclic) bond motifs is 1. The Hall–Kier alpha value is -2.82. The first-order valence-electron chi connectivity index (χ1n) is 7.11. The Labute approximate surface area is 148 Å². The number of carbonyl (C=O) groups is 2. The molecule has 0 radical (unpaired) electrons. The van der Waals surface area contributed by atoms with E-state index in [2.05, 4.69) is 21.2 Å². The van der Waals surface area contributed by atoms with Gasteiger partial charge in [-0.05, 0) is 18.2 Å². The molecular weight excluding hydrogens is 382 g/mol. The first kappa shape index (κ1) is 18.0. The summed E-state index contributed by atoms with van der Waals surface area (Å²) in [5.74, 6) is -1.27. The number of halogens is 5. The van der Waals surface area contributed by atoms with Gasteiger partial charge in [0.2, 0.25) is 0 Å². The SMILES string of the molecule is O=C1NN=C2CN(C(=O)Nc3cc(Cl)c(C(F)(F)F)cc3F)CC=C2N1. The molecule has 0 atom stereocenters. The van der Waals surface area contributed by atoms with Gasteiger partial charge in [-0.3, -0.25) is 0 Å². The van der Waals surface area contributed by atoms with Crippen molar-refractivity contribution in [2.45, 2.75) is 6.18 Å². The minimum absolute atomic E-state index is 0.000925. The van der Waals surface area contributed by atoms with Gasteiger partial charge in [-0.25, -0.2) is 19.4 Å². The van der Waals surface area contributed by atoms with Crippen LogP contribution < -0.4 is 16.1 Å². The second-order valence-corrected chi connectivity index (χ2v) is 5.77. The van der Waals surface area contributed by atoms with Crippen molar-refractivity contribution in [3.8, 4) is 0 Å². The minimum atomic E-state index is -4.81. The molecule has 3 N–H and O–H groups in total. The fourth-order valence-corrected chi connectivity index (χ4v) is 2.62. The summed E-state index contributed by atoms with van der Waals surface area (Å²) in [6.45, 7) is 0.0807. The van der Waals surface area contributed by atoms with E-state index in [0.717, 1.165) is 0 Å². The molecule has 2 aliphatic heterocycles. The topological polar surface area (TPSA) is 85.8 Å². The van der Waals surface area contributed by atoms with Crippen LogP contribution in [-0.2, 0) is 6.18 Å². The Bertz CT molecular complexity index is 852. The summed E-state index contributed by atoms with van der Waals surface area (Å²) in [5, 5.41) is 7.72. The van der Waals surface area contributed by atoms with Crippen LogP contribution in [0.5, 0.6) is 0 Å². The van der Waals surface area contributed by atoms with Gasteiger partial charge >= 0.3 is 18.2 Å². The van der Waals surface area contributed by atoms with E-state index >= 15 is 0 Å². The van der Waals surface area contributed by atoms with Crippen LogP contribution in [0, 0.1) is 5.82 Å². The predicted octanol–water partition coefficient (Wildman–Crippen LogP) is 2.90. The number of nitrogens with one attached hydrogen (secondary N) is 3. The van der Waals surface area contributed by atoms with Crippen molar-refractivity contribution in [3.63, 3.8) is 0 Å². The highest BCUT2D eigenvalue weighted by Gasteiger charge is 2.34. The van der Waals surface area contributed by atoms with E-state index in [1.807, 2.05) is 0 Å². The smallest absolute Gasteiger partial charge is 0.315 e. The zero-order valence-electron chi connectivity index (χ0n) is 12.7. The monoisotopic (exact) mass is 391 g/mol. The normalized spacial score (nSPS) is 16.8. The second kappa shape index (κ2) is 6.48. The number of anilines is 1. The van der Waals surface area contributed by atoms with Crippen LogP contribution in [0.4, 0.5) is 32.8 Å². The van der Waals surface area contributed by atoms with Gasteiger partial charge in [0.05, 0.1) is 28.5 Å². The third kappa shape index (κ3) is 3.57. The average molecular weight is 392 g/mol. The van der Waals surface area contributed by atoms with E-state index in [0.29, 0.717) is 17.5 Å². The summed E-state index contributed by atoms with van der Waals surface area (Å²) in [7, 11) is 0. The highest BCUT2D eigenvalue weighted by molar-refractivity contribution is 6.31. The van der Waals surface area contributed by atoms with Crippen molar-refractivity contribution in [1.82, 2.24) is 15.6 Å². The van der Waals surface area contributed by atoms with E-state index < -0.39 is 40.3 Å². The zero-order valence-corrected chi connectivity index (χ0v) is 13.5. The molecule has 0 spiro atoms. The van der Waals surface area contributed by atoms with Gasteiger partial charge in [0.1, 0.15) is 11.5 Å². The van der Waals surface area contributed by atoms with Crippen LogP contribution in [0.1, 0.15) is 5.56 Å². The van der Waals surface area contributed by atoms with Gasteiger partial charge in [0.15, 0.2) is 0 Å². The number of hydrogen-bond acceptors (Lipinski definition) is 3. The third-order valence-electron chi connectivity index (χ3n) is 3.60. The molecular formula is C14H10ClF4N5O2. The molecule has 0 aliphatic carbocycles. The summed E-state index contributed by atoms with van der Waals surface area (Å²) >= 11 is 5.53. The Kier molecular flexibility index (Phi) is 4.48. The first-order valence-corrected chi connectivity index (χ1v) is 7.49. The molecule has 7 nitrogen and oxygen atoms in total. The summed E-state index contributed by atoms with van der Waals surface area (Å²) in [4.78, 5) is 24.6. The molecule has 2 aliphatic rings. The van der Waals surface area contributed by atoms with Crippen molar-refractivity contribution < 1.29 is 27.2 Å². The van der Waals surface area contributed by atoms with Gasteiger partial charge in [-0.1, -0.05) is 11.6 Å². The second-order valence-electron chi connectivity index (χ2n) is 5.36. The van der Waals surface area contributed by atoms with E-state index in [4.69, 9.17) is 11.6 Å². The molecule has 3 rings (SSSR count). The summed E-state index contributed by atoms with van der Waals surface area (Å²) < 4.78 is 52.0. The lowest BCUT2D eigenvalue weighted by molar-refractivity contribution is -0.137. The molecule has 4 amide bonds. The molecule has 26 heavy (non-hydrogen) atoms. The zero-order chi connectivity index (χ0) is 19.1. The molecule has 138 valence electrons. The third-order valence-corrected chi connectivity index (χ3v) is 3.91. The number of rotatable bonds is 1. The summed E-state index contributed by atoms with van der Waals surface area (Å²) in [6, 6.07) is -0.367. The van der Waals surface area contributed by atoms with Crippen LogP contribution in [0.25, 0.3) is 0 Å². The number of benzene rings is 1. The number of alkyl halides is 3. The number of amides is 4. The molecule has 1 aromatic carbocycles. The van der Waals surface area contributed by atoms with E-state index in [9.17, 15) is 27.2 Å². The lowest BCUT2D eigenvalue weighted by atomic mass is 10.1. The molecule has 2 heterocycles. The Morgan fingerprint density at radius 1 is 1.35 bits per heavy atom. The van der Waals surface area contributed by atoms with Crippen molar-refractivity contribution in [2.75, 3.05) is 18.4 Å². The van der Waals surface area contributed by atoms with Crippen molar-refractivity contribution in [1.29, 1.82) is 0 Å². The number of nitrogens with zero attached hydrogens (tertiary/aromatic N) is 2. The average Bonchev–Trinajstić information content (AvgIpc) is 2.56. The maximum absolute atomic E-state index is 13.9. The fraction of sp³-hybridized carbons (Fsp3) is 0.214. The number of urea groups is 2. The quantitative estimate of drug-likeness (QED) is 0.643. The van der Waals surface area contributed by atoms with Crippen LogP contribution >= 0.6 is 11.6 Å². The number of hydrazone groups is 1. The van der Waals surface area contributed by atoms with E-state index in [1.54, 1.807) is 0 Å². The van der Waals surface area contributed by atoms with Gasteiger partial charge in [0.25, 0.3) is 0 Å². The van der Waals surface area contributed by atoms with Crippen molar-refractivity contribution >= 4 is 35.1 Å². The van der Waals surface area contributed by atoms with Gasteiger partial charge < -0.3 is 15.5 Å². The van der Waals surface area contributed by atoms with Gasteiger partial charge in [0, 0.05) is 6.54 Å². The fourth-order valence-electron chi connectivity index (χ4n) is 2.35. The first-order chi connectivity index (χ1) is 12.1. The molecule has 0 fully saturated rings. The number of hydrogen-bond donors (Lipinski definition) is 3.